The molecule has 2 heterocycles. The van der Waals surface area contributed by atoms with Crippen molar-refractivity contribution >= 4 is 34.8 Å². The van der Waals surface area contributed by atoms with Crippen LogP contribution in [0.15, 0.2) is 42.5 Å². The number of rotatable bonds is 5. The van der Waals surface area contributed by atoms with E-state index in [9.17, 15) is 4.79 Å². The molecule has 0 spiro atoms. The molecule has 0 aliphatic carbocycles. The third-order valence-corrected chi connectivity index (χ3v) is 4.49. The lowest BCUT2D eigenvalue weighted by Crippen LogP contribution is -2.36. The van der Waals surface area contributed by atoms with E-state index in [2.05, 4.69) is 40.7 Å². The first kappa shape index (κ1) is 18.2. The molecule has 4 N–H and O–H groups in total. The Morgan fingerprint density at radius 2 is 2.15 bits per heavy atom. The number of carbonyl (C=O) groups is 1. The molecule has 1 aliphatic rings. The van der Waals surface area contributed by atoms with E-state index in [0.29, 0.717) is 22.2 Å². The van der Waals surface area contributed by atoms with Crippen molar-refractivity contribution in [2.45, 2.75) is 26.3 Å². The number of nitrogen functional groups attached to an aromatic ring is 1. The topological polar surface area (TPSA) is 83.3 Å². The van der Waals surface area contributed by atoms with Gasteiger partial charge in [-0.2, -0.15) is 0 Å². The Hall–Kier alpha value is -2.57. The highest BCUT2D eigenvalue weighted by atomic mass is 35.5. The maximum atomic E-state index is 12.3. The van der Waals surface area contributed by atoms with Crippen LogP contribution in [0.5, 0.6) is 0 Å². The van der Waals surface area contributed by atoms with Crippen molar-refractivity contribution in [3.8, 4) is 0 Å². The SMILES string of the molecule is CCC1C=C(c2ccc(NC(=O)c3cccc(Cl)c3)nc2N)N(CC)N1. The molecule has 0 radical (unpaired) electrons. The van der Waals surface area contributed by atoms with E-state index in [4.69, 9.17) is 17.3 Å². The summed E-state index contributed by atoms with van der Waals surface area (Å²) in [5, 5.41) is 5.32. The fourth-order valence-corrected chi connectivity index (χ4v) is 3.06. The van der Waals surface area contributed by atoms with E-state index in [1.807, 2.05) is 6.07 Å². The Labute approximate surface area is 158 Å². The maximum Gasteiger partial charge on any atom is 0.256 e. The third kappa shape index (κ3) is 3.81. The van der Waals surface area contributed by atoms with Gasteiger partial charge in [0.1, 0.15) is 11.6 Å². The van der Waals surface area contributed by atoms with Gasteiger partial charge in [-0.25, -0.2) is 10.4 Å². The Kier molecular flexibility index (Phi) is 5.44. The molecule has 7 heteroatoms. The molecule has 0 bridgehead atoms. The largest absolute Gasteiger partial charge is 0.383 e. The van der Waals surface area contributed by atoms with Gasteiger partial charge in [-0.15, -0.1) is 0 Å². The summed E-state index contributed by atoms with van der Waals surface area (Å²) in [6.45, 7) is 5.01. The lowest BCUT2D eigenvalue weighted by molar-refractivity contribution is 0.102. The first-order valence-electron chi connectivity index (χ1n) is 8.61. The van der Waals surface area contributed by atoms with Gasteiger partial charge in [0.25, 0.3) is 5.91 Å². The molecule has 1 aliphatic heterocycles. The van der Waals surface area contributed by atoms with E-state index < -0.39 is 0 Å². The van der Waals surface area contributed by atoms with Crippen LogP contribution in [-0.4, -0.2) is 28.5 Å². The third-order valence-electron chi connectivity index (χ3n) is 4.26. The average Bonchev–Trinajstić information content (AvgIpc) is 3.05. The summed E-state index contributed by atoms with van der Waals surface area (Å²) in [5.41, 5.74) is 11.9. The fraction of sp³-hybridized carbons (Fsp3) is 0.263. The number of carbonyl (C=O) groups excluding carboxylic acids is 1. The molecule has 1 aromatic carbocycles. The van der Waals surface area contributed by atoms with Crippen molar-refractivity contribution in [3.63, 3.8) is 0 Å². The highest BCUT2D eigenvalue weighted by Gasteiger charge is 2.23. The predicted octanol–water partition coefficient (Wildman–Crippen LogP) is 3.53. The molecule has 2 aromatic rings. The zero-order valence-electron chi connectivity index (χ0n) is 14.8. The molecule has 1 unspecified atom stereocenters. The highest BCUT2D eigenvalue weighted by molar-refractivity contribution is 6.31. The number of nitrogens with zero attached hydrogens (tertiary/aromatic N) is 2. The molecule has 1 amide bonds. The second kappa shape index (κ2) is 7.76. The summed E-state index contributed by atoms with van der Waals surface area (Å²) in [6, 6.07) is 10.7. The maximum absolute atomic E-state index is 12.3. The number of pyridine rings is 1. The monoisotopic (exact) mass is 371 g/mol. The minimum absolute atomic E-state index is 0.282. The van der Waals surface area contributed by atoms with E-state index in [1.165, 1.54) is 0 Å². The number of nitrogens with one attached hydrogen (secondary N) is 2. The van der Waals surface area contributed by atoms with Gasteiger partial charge in [-0.1, -0.05) is 24.6 Å². The van der Waals surface area contributed by atoms with Crippen LogP contribution in [0.3, 0.4) is 0 Å². The van der Waals surface area contributed by atoms with Crippen LogP contribution in [-0.2, 0) is 0 Å². The van der Waals surface area contributed by atoms with Crippen LogP contribution in [0.4, 0.5) is 11.6 Å². The molecule has 1 aromatic heterocycles. The normalized spacial score (nSPS) is 16.5. The Morgan fingerprint density at radius 1 is 1.35 bits per heavy atom. The second-order valence-corrected chi connectivity index (χ2v) is 6.47. The smallest absolute Gasteiger partial charge is 0.256 e. The summed E-state index contributed by atoms with van der Waals surface area (Å²) in [6.07, 6.45) is 3.14. The minimum Gasteiger partial charge on any atom is -0.383 e. The molecule has 0 fully saturated rings. The lowest BCUT2D eigenvalue weighted by Gasteiger charge is -2.22. The summed E-state index contributed by atoms with van der Waals surface area (Å²) in [7, 11) is 0. The standard InChI is InChI=1S/C19H22ClN5O/c1-3-14-11-16(25(4-2)24-14)15-8-9-17(22-18(15)21)23-19(26)12-6-5-7-13(20)10-12/h5-11,14,24H,3-4H2,1-2H3,(H3,21,22,23,26). The number of benzene rings is 1. The lowest BCUT2D eigenvalue weighted by atomic mass is 10.1. The number of halogens is 1. The predicted molar refractivity (Wildman–Crippen MR) is 106 cm³/mol. The Balaban J connectivity index is 1.81. The van der Waals surface area contributed by atoms with Crippen molar-refractivity contribution in [1.29, 1.82) is 0 Å². The van der Waals surface area contributed by atoms with Crippen molar-refractivity contribution < 1.29 is 4.79 Å². The number of nitrogens with two attached hydrogens (primary N) is 1. The molecule has 6 nitrogen and oxygen atoms in total. The van der Waals surface area contributed by atoms with Gasteiger partial charge in [-0.3, -0.25) is 4.79 Å². The van der Waals surface area contributed by atoms with Crippen LogP contribution in [0.1, 0.15) is 36.2 Å². The summed E-state index contributed by atoms with van der Waals surface area (Å²) < 4.78 is 0. The molecule has 0 saturated heterocycles. The van der Waals surface area contributed by atoms with Crippen LogP contribution < -0.4 is 16.5 Å². The number of anilines is 2. The number of aromatic nitrogens is 1. The summed E-state index contributed by atoms with van der Waals surface area (Å²) >= 11 is 5.93. The van der Waals surface area contributed by atoms with Crippen LogP contribution in [0.25, 0.3) is 5.70 Å². The molecule has 0 saturated carbocycles. The van der Waals surface area contributed by atoms with Crippen molar-refractivity contribution in [2.24, 2.45) is 0 Å². The molecular formula is C19H22ClN5O. The van der Waals surface area contributed by atoms with E-state index in [-0.39, 0.29) is 11.9 Å². The number of hydrazine groups is 1. The van der Waals surface area contributed by atoms with Crippen LogP contribution in [0, 0.1) is 0 Å². The average molecular weight is 372 g/mol. The second-order valence-electron chi connectivity index (χ2n) is 6.03. The molecule has 136 valence electrons. The highest BCUT2D eigenvalue weighted by Crippen LogP contribution is 2.28. The zero-order chi connectivity index (χ0) is 18.7. The summed E-state index contributed by atoms with van der Waals surface area (Å²) in [4.78, 5) is 16.7. The van der Waals surface area contributed by atoms with Gasteiger partial charge in [0.05, 0.1) is 5.70 Å². The first-order valence-corrected chi connectivity index (χ1v) is 8.99. The van der Waals surface area contributed by atoms with Crippen molar-refractivity contribution in [3.05, 3.63) is 58.6 Å². The Bertz CT molecular complexity index is 852. The van der Waals surface area contributed by atoms with E-state index in [0.717, 1.165) is 24.2 Å². The van der Waals surface area contributed by atoms with Gasteiger partial charge in [0.15, 0.2) is 0 Å². The summed E-state index contributed by atoms with van der Waals surface area (Å²) in [5.74, 6) is 0.491. The van der Waals surface area contributed by atoms with Crippen LogP contribution >= 0.6 is 11.6 Å². The van der Waals surface area contributed by atoms with Gasteiger partial charge >= 0.3 is 0 Å². The molecular weight excluding hydrogens is 350 g/mol. The quantitative estimate of drug-likeness (QED) is 0.748. The molecule has 26 heavy (non-hydrogen) atoms. The fourth-order valence-electron chi connectivity index (χ4n) is 2.87. The van der Waals surface area contributed by atoms with Gasteiger partial charge < -0.3 is 16.1 Å². The Morgan fingerprint density at radius 3 is 2.81 bits per heavy atom. The number of amides is 1. The van der Waals surface area contributed by atoms with E-state index >= 15 is 0 Å². The minimum atomic E-state index is -0.282. The zero-order valence-corrected chi connectivity index (χ0v) is 15.5. The number of hydrogen-bond acceptors (Lipinski definition) is 5. The van der Waals surface area contributed by atoms with Crippen LogP contribution in [0.2, 0.25) is 5.02 Å². The number of hydrogen-bond donors (Lipinski definition) is 3. The van der Waals surface area contributed by atoms with Gasteiger partial charge in [0, 0.05) is 28.7 Å². The molecule has 3 rings (SSSR count). The van der Waals surface area contributed by atoms with Crippen molar-refractivity contribution in [1.82, 2.24) is 15.4 Å². The van der Waals surface area contributed by atoms with Gasteiger partial charge in [0.2, 0.25) is 0 Å². The van der Waals surface area contributed by atoms with Crippen molar-refractivity contribution in [2.75, 3.05) is 17.6 Å². The molecule has 1 atom stereocenters. The van der Waals surface area contributed by atoms with E-state index in [1.54, 1.807) is 30.3 Å². The first-order chi connectivity index (χ1) is 12.5. The van der Waals surface area contributed by atoms with Gasteiger partial charge in [-0.05, 0) is 49.8 Å².